The lowest BCUT2D eigenvalue weighted by molar-refractivity contribution is -0.274. The normalized spacial score (nSPS) is 11.4. The molecule has 0 unspecified atom stereocenters. The summed E-state index contributed by atoms with van der Waals surface area (Å²) in [6.45, 7) is 1.81. The fourth-order valence-corrected chi connectivity index (χ4v) is 2.15. The minimum absolute atomic E-state index is 0. The second-order valence-electron chi connectivity index (χ2n) is 5.50. The van der Waals surface area contributed by atoms with E-state index >= 15 is 0 Å². The average molecular weight is 508 g/mol. The molecular formula is C18H20F3IN4O2. The van der Waals surface area contributed by atoms with E-state index in [2.05, 4.69) is 20.4 Å². The van der Waals surface area contributed by atoms with Gasteiger partial charge >= 0.3 is 6.36 Å². The Morgan fingerprint density at radius 1 is 1.11 bits per heavy atom. The van der Waals surface area contributed by atoms with Crippen molar-refractivity contribution < 1.29 is 22.7 Å². The molecule has 0 saturated carbocycles. The number of benzene rings is 2. The SMILES string of the molecule is CCc1cccc(NC(=O)CN=C(N)Nc2ccc(OC(F)(F)F)cc2)c1.I. The molecule has 10 heteroatoms. The molecule has 0 aliphatic rings. The lowest BCUT2D eigenvalue weighted by Crippen LogP contribution is -2.25. The Bertz CT molecular complexity index is 811. The lowest BCUT2D eigenvalue weighted by atomic mass is 10.1. The fourth-order valence-electron chi connectivity index (χ4n) is 2.15. The van der Waals surface area contributed by atoms with E-state index < -0.39 is 6.36 Å². The van der Waals surface area contributed by atoms with Gasteiger partial charge in [-0.25, -0.2) is 4.99 Å². The molecule has 0 bridgehead atoms. The molecule has 0 radical (unpaired) electrons. The summed E-state index contributed by atoms with van der Waals surface area (Å²) in [6, 6.07) is 12.4. The lowest BCUT2D eigenvalue weighted by Gasteiger charge is -2.10. The van der Waals surface area contributed by atoms with Crippen LogP contribution >= 0.6 is 24.0 Å². The highest BCUT2D eigenvalue weighted by Crippen LogP contribution is 2.23. The monoisotopic (exact) mass is 508 g/mol. The number of hydrogen-bond donors (Lipinski definition) is 3. The third kappa shape index (κ3) is 8.46. The number of rotatable bonds is 6. The van der Waals surface area contributed by atoms with Crippen molar-refractivity contribution in [3.05, 3.63) is 54.1 Å². The topological polar surface area (TPSA) is 88.7 Å². The maximum Gasteiger partial charge on any atom is 0.573 e. The standard InChI is InChI=1S/C18H19F3N4O2.HI/c1-2-12-4-3-5-14(10-12)24-16(26)11-23-17(22)25-13-6-8-15(9-7-13)27-18(19,20)21;/h3-10H,2,11H2,1H3,(H,24,26)(H3,22,23,25);1H. The number of guanidine groups is 1. The van der Waals surface area contributed by atoms with Gasteiger partial charge in [0.2, 0.25) is 5.91 Å². The summed E-state index contributed by atoms with van der Waals surface area (Å²) in [5.41, 5.74) is 7.85. The summed E-state index contributed by atoms with van der Waals surface area (Å²) in [5.74, 6) is -0.740. The summed E-state index contributed by atoms with van der Waals surface area (Å²) >= 11 is 0. The first-order valence-corrected chi connectivity index (χ1v) is 8.06. The Morgan fingerprint density at radius 3 is 2.39 bits per heavy atom. The molecule has 0 spiro atoms. The second-order valence-corrected chi connectivity index (χ2v) is 5.50. The molecule has 2 aromatic carbocycles. The number of aliphatic imine (C=N–C) groups is 1. The van der Waals surface area contributed by atoms with Gasteiger partial charge in [-0.2, -0.15) is 0 Å². The highest BCUT2D eigenvalue weighted by molar-refractivity contribution is 14.0. The van der Waals surface area contributed by atoms with Crippen molar-refractivity contribution in [3.8, 4) is 5.75 Å². The molecule has 6 nitrogen and oxygen atoms in total. The van der Waals surface area contributed by atoms with Gasteiger partial charge in [0.1, 0.15) is 12.3 Å². The second kappa shape index (κ2) is 10.7. The van der Waals surface area contributed by atoms with E-state index in [4.69, 9.17) is 5.73 Å². The molecule has 0 heterocycles. The molecule has 0 aliphatic carbocycles. The van der Waals surface area contributed by atoms with Crippen LogP contribution in [-0.4, -0.2) is 24.8 Å². The first-order valence-electron chi connectivity index (χ1n) is 8.06. The van der Waals surface area contributed by atoms with Crippen LogP contribution in [0.5, 0.6) is 5.75 Å². The number of nitrogens with one attached hydrogen (secondary N) is 2. The van der Waals surface area contributed by atoms with Gasteiger partial charge in [0, 0.05) is 11.4 Å². The number of carbonyl (C=O) groups excluding carboxylic acids is 1. The minimum atomic E-state index is -4.75. The molecule has 0 saturated heterocycles. The molecule has 0 aliphatic heterocycles. The van der Waals surface area contributed by atoms with Gasteiger partial charge in [-0.05, 0) is 48.4 Å². The summed E-state index contributed by atoms with van der Waals surface area (Å²) in [6.07, 6.45) is -3.90. The van der Waals surface area contributed by atoms with E-state index in [-0.39, 0.29) is 48.1 Å². The number of carbonyl (C=O) groups is 1. The van der Waals surface area contributed by atoms with Crippen LogP contribution in [0.2, 0.25) is 0 Å². The van der Waals surface area contributed by atoms with Crippen molar-refractivity contribution in [2.24, 2.45) is 10.7 Å². The van der Waals surface area contributed by atoms with Crippen molar-refractivity contribution in [2.75, 3.05) is 17.2 Å². The summed E-state index contributed by atoms with van der Waals surface area (Å²) in [4.78, 5) is 15.8. The third-order valence-electron chi connectivity index (χ3n) is 3.37. The van der Waals surface area contributed by atoms with Crippen LogP contribution in [0.1, 0.15) is 12.5 Å². The molecule has 0 aromatic heterocycles. The van der Waals surface area contributed by atoms with E-state index in [1.807, 2.05) is 25.1 Å². The fraction of sp³-hybridized carbons (Fsp3) is 0.222. The number of hydrogen-bond acceptors (Lipinski definition) is 3. The first-order chi connectivity index (χ1) is 12.7. The Labute approximate surface area is 177 Å². The van der Waals surface area contributed by atoms with Crippen LogP contribution in [0.3, 0.4) is 0 Å². The number of alkyl halides is 3. The van der Waals surface area contributed by atoms with E-state index in [1.54, 1.807) is 6.07 Å². The van der Waals surface area contributed by atoms with E-state index in [0.717, 1.165) is 24.1 Å². The van der Waals surface area contributed by atoms with Gasteiger partial charge in [-0.3, -0.25) is 4.79 Å². The van der Waals surface area contributed by atoms with Gasteiger partial charge in [0.25, 0.3) is 0 Å². The third-order valence-corrected chi connectivity index (χ3v) is 3.37. The Morgan fingerprint density at radius 2 is 1.79 bits per heavy atom. The van der Waals surface area contributed by atoms with Crippen LogP contribution in [0, 0.1) is 0 Å². The van der Waals surface area contributed by atoms with E-state index in [0.29, 0.717) is 11.4 Å². The Hall–Kier alpha value is -2.50. The molecule has 1 amide bonds. The van der Waals surface area contributed by atoms with Gasteiger partial charge in [0.15, 0.2) is 5.96 Å². The molecule has 2 rings (SSSR count). The van der Waals surface area contributed by atoms with Crippen molar-refractivity contribution in [1.82, 2.24) is 0 Å². The van der Waals surface area contributed by atoms with Crippen LogP contribution in [-0.2, 0) is 11.2 Å². The smallest absolute Gasteiger partial charge is 0.406 e. The number of amides is 1. The molecule has 0 fully saturated rings. The quantitative estimate of drug-likeness (QED) is 0.311. The molecular weight excluding hydrogens is 488 g/mol. The first kappa shape index (κ1) is 23.5. The highest BCUT2D eigenvalue weighted by atomic mass is 127. The predicted octanol–water partition coefficient (Wildman–Crippen LogP) is 4.13. The Kier molecular flexibility index (Phi) is 9.03. The summed E-state index contributed by atoms with van der Waals surface area (Å²) in [5, 5.41) is 5.39. The van der Waals surface area contributed by atoms with Crippen LogP contribution in [0.25, 0.3) is 0 Å². The van der Waals surface area contributed by atoms with Crippen molar-refractivity contribution >= 4 is 47.2 Å². The summed E-state index contributed by atoms with van der Waals surface area (Å²) in [7, 11) is 0. The van der Waals surface area contributed by atoms with E-state index in [1.165, 1.54) is 12.1 Å². The van der Waals surface area contributed by atoms with Gasteiger partial charge in [-0.15, -0.1) is 37.1 Å². The summed E-state index contributed by atoms with van der Waals surface area (Å²) < 4.78 is 40.1. The van der Waals surface area contributed by atoms with Gasteiger partial charge in [-0.1, -0.05) is 19.1 Å². The zero-order chi connectivity index (χ0) is 19.9. The molecule has 2 aromatic rings. The zero-order valence-electron chi connectivity index (χ0n) is 14.9. The highest BCUT2D eigenvalue weighted by Gasteiger charge is 2.30. The van der Waals surface area contributed by atoms with Crippen molar-refractivity contribution in [2.45, 2.75) is 19.7 Å². The largest absolute Gasteiger partial charge is 0.573 e. The Balaban J connectivity index is 0.00000392. The number of halogens is 4. The minimum Gasteiger partial charge on any atom is -0.406 e. The number of nitrogens with two attached hydrogens (primary N) is 1. The number of anilines is 2. The predicted molar refractivity (Wildman–Crippen MR) is 113 cm³/mol. The maximum absolute atomic E-state index is 12.1. The van der Waals surface area contributed by atoms with Crippen LogP contribution < -0.4 is 21.1 Å². The van der Waals surface area contributed by atoms with Gasteiger partial charge in [0.05, 0.1) is 0 Å². The average Bonchev–Trinajstić information content (AvgIpc) is 2.60. The number of ether oxygens (including phenoxy) is 1. The molecule has 152 valence electrons. The van der Waals surface area contributed by atoms with Crippen molar-refractivity contribution in [1.29, 1.82) is 0 Å². The molecule has 0 atom stereocenters. The van der Waals surface area contributed by atoms with Gasteiger partial charge < -0.3 is 21.1 Å². The van der Waals surface area contributed by atoms with Crippen molar-refractivity contribution in [3.63, 3.8) is 0 Å². The molecule has 28 heavy (non-hydrogen) atoms. The van der Waals surface area contributed by atoms with Crippen LogP contribution in [0.15, 0.2) is 53.5 Å². The van der Waals surface area contributed by atoms with E-state index in [9.17, 15) is 18.0 Å². The number of nitrogens with zero attached hydrogens (tertiary/aromatic N) is 1. The number of aryl methyl sites for hydroxylation is 1. The van der Waals surface area contributed by atoms with Crippen LogP contribution in [0.4, 0.5) is 24.5 Å². The zero-order valence-corrected chi connectivity index (χ0v) is 17.2. The molecule has 4 N–H and O–H groups in total. The maximum atomic E-state index is 12.1.